The number of alkyl halides is 1. The summed E-state index contributed by atoms with van der Waals surface area (Å²) in [6.45, 7) is 0.254. The first-order chi connectivity index (χ1) is 7.59. The molecule has 0 radical (unpaired) electrons. The van der Waals surface area contributed by atoms with Crippen LogP contribution in [0.5, 0.6) is 0 Å². The molecule has 1 saturated carbocycles. The predicted octanol–water partition coefficient (Wildman–Crippen LogP) is 2.05. The third kappa shape index (κ3) is 2.97. The minimum atomic E-state index is -3.12. The third-order valence-electron chi connectivity index (χ3n) is 2.59. The molecule has 1 aromatic carbocycles. The van der Waals surface area contributed by atoms with Crippen molar-refractivity contribution in [2.24, 2.45) is 0 Å². The Labute approximate surface area is 101 Å². The van der Waals surface area contributed by atoms with E-state index in [-0.39, 0.29) is 17.2 Å². The van der Waals surface area contributed by atoms with Crippen LogP contribution in [0.2, 0.25) is 0 Å². The van der Waals surface area contributed by atoms with E-state index in [1.807, 2.05) is 30.3 Å². The molecule has 0 aromatic heterocycles. The van der Waals surface area contributed by atoms with Crippen LogP contribution in [0.25, 0.3) is 0 Å². The van der Waals surface area contributed by atoms with Gasteiger partial charge in [0.2, 0.25) is 10.0 Å². The summed E-state index contributed by atoms with van der Waals surface area (Å²) in [6, 6.07) is 9.47. The molecule has 0 amide bonds. The van der Waals surface area contributed by atoms with Gasteiger partial charge in [-0.1, -0.05) is 30.3 Å². The van der Waals surface area contributed by atoms with Gasteiger partial charge in [0.1, 0.15) is 0 Å². The van der Waals surface area contributed by atoms with E-state index < -0.39 is 10.0 Å². The number of hydrogen-bond acceptors (Lipinski definition) is 2. The first kappa shape index (κ1) is 11.9. The Bertz CT molecular complexity index is 442. The number of sulfonamides is 1. The lowest BCUT2D eigenvalue weighted by molar-refractivity contribution is 0.579. The smallest absolute Gasteiger partial charge is 0.213 e. The number of halogens is 1. The second-order valence-electron chi connectivity index (χ2n) is 3.97. The van der Waals surface area contributed by atoms with E-state index in [9.17, 15) is 8.42 Å². The van der Waals surface area contributed by atoms with E-state index in [4.69, 9.17) is 11.6 Å². The second kappa shape index (κ2) is 4.73. The molecule has 1 unspecified atom stereocenters. The van der Waals surface area contributed by atoms with E-state index in [1.165, 1.54) is 0 Å². The Kier molecular flexibility index (Phi) is 3.52. The van der Waals surface area contributed by atoms with Gasteiger partial charge in [-0.05, 0) is 18.4 Å². The average Bonchev–Trinajstić information content (AvgIpc) is 3.11. The third-order valence-corrected chi connectivity index (χ3v) is 4.91. The topological polar surface area (TPSA) is 46.2 Å². The van der Waals surface area contributed by atoms with Gasteiger partial charge in [-0.3, -0.25) is 0 Å². The molecular formula is C11H14ClNO2S. The van der Waals surface area contributed by atoms with Gasteiger partial charge >= 0.3 is 0 Å². The summed E-state index contributed by atoms with van der Waals surface area (Å²) >= 11 is 6.11. The van der Waals surface area contributed by atoms with E-state index >= 15 is 0 Å². The molecule has 0 saturated heterocycles. The molecule has 3 nitrogen and oxygen atoms in total. The van der Waals surface area contributed by atoms with E-state index in [0.717, 1.165) is 18.4 Å². The molecular weight excluding hydrogens is 246 g/mol. The van der Waals surface area contributed by atoms with Crippen LogP contribution in [-0.2, 0) is 10.0 Å². The lowest BCUT2D eigenvalue weighted by atomic mass is 10.1. The van der Waals surface area contributed by atoms with Crippen LogP contribution in [0, 0.1) is 0 Å². The van der Waals surface area contributed by atoms with E-state index in [2.05, 4.69) is 4.72 Å². The fourth-order valence-electron chi connectivity index (χ4n) is 1.47. The molecule has 1 N–H and O–H groups in total. The molecule has 1 fully saturated rings. The van der Waals surface area contributed by atoms with Crippen LogP contribution in [0.3, 0.4) is 0 Å². The molecule has 5 heteroatoms. The minimum Gasteiger partial charge on any atom is -0.213 e. The highest BCUT2D eigenvalue weighted by Gasteiger charge is 2.35. The van der Waals surface area contributed by atoms with Gasteiger partial charge in [0.15, 0.2) is 0 Å². The zero-order valence-electron chi connectivity index (χ0n) is 8.77. The normalized spacial score (nSPS) is 18.3. The molecule has 1 aromatic rings. The van der Waals surface area contributed by atoms with Gasteiger partial charge in [-0.25, -0.2) is 13.1 Å². The van der Waals surface area contributed by atoms with Gasteiger partial charge in [0, 0.05) is 6.54 Å². The van der Waals surface area contributed by atoms with Crippen LogP contribution in [-0.4, -0.2) is 20.2 Å². The van der Waals surface area contributed by atoms with Crippen LogP contribution in [0.15, 0.2) is 30.3 Å². The van der Waals surface area contributed by atoms with Gasteiger partial charge in [-0.2, -0.15) is 0 Å². The molecule has 1 aliphatic rings. The second-order valence-corrected chi connectivity index (χ2v) is 6.54. The van der Waals surface area contributed by atoms with E-state index in [0.29, 0.717) is 0 Å². The number of rotatable bonds is 5. The van der Waals surface area contributed by atoms with Crippen LogP contribution < -0.4 is 4.72 Å². The summed E-state index contributed by atoms with van der Waals surface area (Å²) in [7, 11) is -3.12. The molecule has 0 aliphatic heterocycles. The van der Waals surface area contributed by atoms with Crippen molar-refractivity contribution in [3.05, 3.63) is 35.9 Å². The van der Waals surface area contributed by atoms with Crippen molar-refractivity contribution in [2.75, 3.05) is 6.54 Å². The standard InChI is InChI=1S/C11H14ClNO2S/c12-11(9-4-2-1-3-5-9)8-13-16(14,15)10-6-7-10/h1-5,10-11,13H,6-8H2. The zero-order valence-corrected chi connectivity index (χ0v) is 10.3. The van der Waals surface area contributed by atoms with Gasteiger partial charge < -0.3 is 0 Å². The van der Waals surface area contributed by atoms with Crippen molar-refractivity contribution in [3.8, 4) is 0 Å². The van der Waals surface area contributed by atoms with Crippen LogP contribution in [0.4, 0.5) is 0 Å². The first-order valence-electron chi connectivity index (χ1n) is 5.27. The van der Waals surface area contributed by atoms with Crippen molar-refractivity contribution in [1.82, 2.24) is 4.72 Å². The summed E-state index contributed by atoms with van der Waals surface area (Å²) in [6.07, 6.45) is 1.54. The maximum atomic E-state index is 11.6. The maximum Gasteiger partial charge on any atom is 0.214 e. The molecule has 88 valence electrons. The SMILES string of the molecule is O=S(=O)(NCC(Cl)c1ccccc1)C1CC1. The minimum absolute atomic E-state index is 0.188. The maximum absolute atomic E-state index is 11.6. The molecule has 2 rings (SSSR count). The summed E-state index contributed by atoms with van der Waals surface area (Å²) in [5, 5.41) is -0.498. The van der Waals surface area contributed by atoms with Crippen LogP contribution in [0.1, 0.15) is 23.8 Å². The first-order valence-corrected chi connectivity index (χ1v) is 7.25. The van der Waals surface area contributed by atoms with Gasteiger partial charge in [-0.15, -0.1) is 11.6 Å². The highest BCUT2D eigenvalue weighted by Crippen LogP contribution is 2.28. The van der Waals surface area contributed by atoms with Crippen molar-refractivity contribution in [1.29, 1.82) is 0 Å². The molecule has 1 atom stereocenters. The summed E-state index contributed by atoms with van der Waals surface area (Å²) in [4.78, 5) is 0. The average molecular weight is 260 g/mol. The fraction of sp³-hybridized carbons (Fsp3) is 0.455. The van der Waals surface area contributed by atoms with Crippen molar-refractivity contribution in [3.63, 3.8) is 0 Å². The van der Waals surface area contributed by atoms with Gasteiger partial charge in [0.25, 0.3) is 0 Å². The molecule has 0 spiro atoms. The summed E-state index contributed by atoms with van der Waals surface area (Å²) < 4.78 is 25.7. The fourth-order valence-corrected chi connectivity index (χ4v) is 3.17. The van der Waals surface area contributed by atoms with Crippen LogP contribution >= 0.6 is 11.6 Å². The summed E-state index contributed by atoms with van der Waals surface area (Å²) in [5.74, 6) is 0. The molecule has 0 bridgehead atoms. The lowest BCUT2D eigenvalue weighted by Gasteiger charge is -2.11. The Morgan fingerprint density at radius 3 is 2.50 bits per heavy atom. The molecule has 1 aliphatic carbocycles. The van der Waals surface area contributed by atoms with Crippen molar-refractivity contribution >= 4 is 21.6 Å². The lowest BCUT2D eigenvalue weighted by Crippen LogP contribution is -2.30. The quantitative estimate of drug-likeness (QED) is 0.823. The highest BCUT2D eigenvalue weighted by molar-refractivity contribution is 7.90. The predicted molar refractivity (Wildman–Crippen MR) is 65.0 cm³/mol. The monoisotopic (exact) mass is 259 g/mol. The largest absolute Gasteiger partial charge is 0.214 e. The van der Waals surface area contributed by atoms with E-state index in [1.54, 1.807) is 0 Å². The highest BCUT2D eigenvalue weighted by atomic mass is 35.5. The van der Waals surface area contributed by atoms with Gasteiger partial charge in [0.05, 0.1) is 10.6 Å². The molecule has 0 heterocycles. The number of benzene rings is 1. The molecule has 16 heavy (non-hydrogen) atoms. The number of nitrogens with one attached hydrogen (secondary N) is 1. The Morgan fingerprint density at radius 1 is 1.31 bits per heavy atom. The number of hydrogen-bond donors (Lipinski definition) is 1. The Balaban J connectivity index is 1.91. The Hall–Kier alpha value is -0.580. The van der Waals surface area contributed by atoms with Crippen molar-refractivity contribution in [2.45, 2.75) is 23.5 Å². The Morgan fingerprint density at radius 2 is 1.94 bits per heavy atom. The van der Waals surface area contributed by atoms with Crippen molar-refractivity contribution < 1.29 is 8.42 Å². The zero-order chi connectivity index (χ0) is 11.6. The summed E-state index contributed by atoms with van der Waals surface area (Å²) in [5.41, 5.74) is 0.933.